The first-order valence-electron chi connectivity index (χ1n) is 8.22. The van der Waals surface area contributed by atoms with Crippen LogP contribution in [0.4, 0.5) is 0 Å². The lowest BCUT2D eigenvalue weighted by molar-refractivity contribution is 0.0942. The zero-order valence-electron chi connectivity index (χ0n) is 13.6. The maximum absolute atomic E-state index is 12.7. The fourth-order valence-electron chi connectivity index (χ4n) is 2.96. The van der Waals surface area contributed by atoms with E-state index in [2.05, 4.69) is 45.6 Å². The molecule has 25 heavy (non-hydrogen) atoms. The van der Waals surface area contributed by atoms with E-state index in [9.17, 15) is 4.79 Å². The summed E-state index contributed by atoms with van der Waals surface area (Å²) in [5.41, 5.74) is 3.17. The molecule has 5 heteroatoms. The van der Waals surface area contributed by atoms with Gasteiger partial charge in [-0.05, 0) is 40.9 Å². The van der Waals surface area contributed by atoms with Gasteiger partial charge in [-0.2, -0.15) is 0 Å². The molecule has 4 rings (SSSR count). The van der Waals surface area contributed by atoms with Crippen molar-refractivity contribution in [3.8, 4) is 0 Å². The van der Waals surface area contributed by atoms with Gasteiger partial charge in [0, 0.05) is 11.4 Å². The van der Waals surface area contributed by atoms with Crippen LogP contribution in [0.1, 0.15) is 20.9 Å². The molecule has 4 aromatic rings. The first kappa shape index (κ1) is 16.1. The SMILES string of the molecule is O=C(NCc1cccs1)c1cc2sccc2n1CCc1ccccc1. The van der Waals surface area contributed by atoms with Crippen molar-refractivity contribution in [1.29, 1.82) is 0 Å². The van der Waals surface area contributed by atoms with Crippen molar-refractivity contribution in [2.45, 2.75) is 19.5 Å². The first-order chi connectivity index (χ1) is 12.3. The summed E-state index contributed by atoms with van der Waals surface area (Å²) < 4.78 is 3.30. The van der Waals surface area contributed by atoms with Crippen LogP contribution in [0.2, 0.25) is 0 Å². The second kappa shape index (κ2) is 7.25. The summed E-state index contributed by atoms with van der Waals surface area (Å²) in [6.45, 7) is 1.38. The Morgan fingerprint density at radius 2 is 1.88 bits per heavy atom. The topological polar surface area (TPSA) is 34.0 Å². The molecule has 0 saturated heterocycles. The number of amides is 1. The number of rotatable bonds is 6. The van der Waals surface area contributed by atoms with Crippen LogP contribution < -0.4 is 5.32 Å². The van der Waals surface area contributed by atoms with E-state index in [-0.39, 0.29) is 5.91 Å². The summed E-state index contributed by atoms with van der Waals surface area (Å²) in [5, 5.41) is 7.15. The fraction of sp³-hybridized carbons (Fsp3) is 0.150. The van der Waals surface area contributed by atoms with Gasteiger partial charge in [0.2, 0.25) is 0 Å². The van der Waals surface area contributed by atoms with Gasteiger partial charge in [0.15, 0.2) is 0 Å². The molecular weight excluding hydrogens is 348 g/mol. The van der Waals surface area contributed by atoms with E-state index in [1.54, 1.807) is 22.7 Å². The zero-order valence-corrected chi connectivity index (χ0v) is 15.3. The smallest absolute Gasteiger partial charge is 0.268 e. The quantitative estimate of drug-likeness (QED) is 0.515. The van der Waals surface area contributed by atoms with Gasteiger partial charge in [-0.1, -0.05) is 36.4 Å². The molecule has 0 aliphatic heterocycles. The number of aryl methyl sites for hydroxylation is 2. The minimum absolute atomic E-state index is 0.00939. The van der Waals surface area contributed by atoms with Crippen LogP contribution in [0.25, 0.3) is 10.2 Å². The van der Waals surface area contributed by atoms with Crippen LogP contribution >= 0.6 is 22.7 Å². The Balaban J connectivity index is 1.55. The van der Waals surface area contributed by atoms with E-state index < -0.39 is 0 Å². The first-order valence-corrected chi connectivity index (χ1v) is 9.98. The van der Waals surface area contributed by atoms with Crippen LogP contribution in [0.5, 0.6) is 0 Å². The molecule has 1 N–H and O–H groups in total. The third-order valence-corrected chi connectivity index (χ3v) is 5.96. The third-order valence-electron chi connectivity index (χ3n) is 4.23. The largest absolute Gasteiger partial charge is 0.346 e. The van der Waals surface area contributed by atoms with Gasteiger partial charge in [-0.15, -0.1) is 22.7 Å². The molecule has 0 atom stereocenters. The molecule has 1 amide bonds. The van der Waals surface area contributed by atoms with Crippen LogP contribution in [0.15, 0.2) is 65.4 Å². The van der Waals surface area contributed by atoms with Gasteiger partial charge in [0.05, 0.1) is 16.8 Å². The monoisotopic (exact) mass is 366 g/mol. The van der Waals surface area contributed by atoms with E-state index in [0.717, 1.165) is 33.8 Å². The number of nitrogens with one attached hydrogen (secondary N) is 1. The molecular formula is C20H18N2OS2. The highest BCUT2D eigenvalue weighted by atomic mass is 32.1. The standard InChI is InChI=1S/C20H18N2OS2/c23-20(21-14-16-7-4-11-24-16)18-13-19-17(9-12-25-19)22(18)10-8-15-5-2-1-3-6-15/h1-7,9,11-13H,8,10,14H2,(H,21,23). The molecule has 3 aromatic heterocycles. The van der Waals surface area contributed by atoms with E-state index in [1.165, 1.54) is 5.56 Å². The second-order valence-electron chi connectivity index (χ2n) is 5.85. The molecule has 0 unspecified atom stereocenters. The van der Waals surface area contributed by atoms with E-state index >= 15 is 0 Å². The van der Waals surface area contributed by atoms with E-state index in [1.807, 2.05) is 29.6 Å². The molecule has 0 aliphatic carbocycles. The Kier molecular flexibility index (Phi) is 4.68. The summed E-state index contributed by atoms with van der Waals surface area (Å²) >= 11 is 3.34. The van der Waals surface area contributed by atoms with Crippen molar-refractivity contribution in [3.05, 3.63) is 81.5 Å². The van der Waals surface area contributed by atoms with Crippen LogP contribution in [0.3, 0.4) is 0 Å². The maximum atomic E-state index is 12.7. The van der Waals surface area contributed by atoms with Gasteiger partial charge in [0.1, 0.15) is 5.69 Å². The summed E-state index contributed by atoms with van der Waals surface area (Å²) in [6, 6.07) is 18.5. The fourth-order valence-corrected chi connectivity index (χ4v) is 4.43. The predicted octanol–water partition coefficient (Wildman–Crippen LogP) is 4.94. The molecule has 1 aromatic carbocycles. The van der Waals surface area contributed by atoms with Gasteiger partial charge >= 0.3 is 0 Å². The third kappa shape index (κ3) is 3.52. The summed E-state index contributed by atoms with van der Waals surface area (Å²) in [4.78, 5) is 13.9. The van der Waals surface area contributed by atoms with Crippen molar-refractivity contribution in [1.82, 2.24) is 9.88 Å². The normalized spacial score (nSPS) is 11.0. The lowest BCUT2D eigenvalue weighted by atomic mass is 10.1. The maximum Gasteiger partial charge on any atom is 0.268 e. The Morgan fingerprint density at radius 1 is 1.00 bits per heavy atom. The molecule has 3 nitrogen and oxygen atoms in total. The van der Waals surface area contributed by atoms with Crippen LogP contribution in [-0.4, -0.2) is 10.5 Å². The lowest BCUT2D eigenvalue weighted by Crippen LogP contribution is -2.25. The van der Waals surface area contributed by atoms with Crippen LogP contribution in [0, 0.1) is 0 Å². The van der Waals surface area contributed by atoms with Crippen molar-refractivity contribution >= 4 is 38.8 Å². The number of fused-ring (bicyclic) bond motifs is 1. The Morgan fingerprint density at radius 3 is 2.68 bits per heavy atom. The summed E-state index contributed by atoms with van der Waals surface area (Å²) in [6.07, 6.45) is 0.908. The average Bonchev–Trinajstić information content (AvgIpc) is 3.36. The number of hydrogen-bond donors (Lipinski definition) is 1. The molecule has 0 bridgehead atoms. The number of nitrogens with zero attached hydrogens (tertiary/aromatic N) is 1. The van der Waals surface area contributed by atoms with Gasteiger partial charge in [0.25, 0.3) is 5.91 Å². The molecule has 0 spiro atoms. The van der Waals surface area contributed by atoms with Crippen molar-refractivity contribution < 1.29 is 4.79 Å². The number of thiophene rings is 2. The number of aromatic nitrogens is 1. The van der Waals surface area contributed by atoms with Gasteiger partial charge in [-0.25, -0.2) is 0 Å². The Bertz CT molecular complexity index is 968. The molecule has 126 valence electrons. The number of carbonyl (C=O) groups is 1. The number of hydrogen-bond acceptors (Lipinski definition) is 3. The molecule has 0 aliphatic rings. The summed E-state index contributed by atoms with van der Waals surface area (Å²) in [7, 11) is 0. The molecule has 3 heterocycles. The van der Waals surface area contributed by atoms with Crippen molar-refractivity contribution in [3.63, 3.8) is 0 Å². The Labute approximate surface area is 154 Å². The number of benzene rings is 1. The predicted molar refractivity (Wildman–Crippen MR) is 105 cm³/mol. The van der Waals surface area contributed by atoms with E-state index in [0.29, 0.717) is 6.54 Å². The highest BCUT2D eigenvalue weighted by Crippen LogP contribution is 2.26. The Hall–Kier alpha value is -2.37. The van der Waals surface area contributed by atoms with Crippen LogP contribution in [-0.2, 0) is 19.5 Å². The minimum atomic E-state index is -0.00939. The van der Waals surface area contributed by atoms with Crippen molar-refractivity contribution in [2.24, 2.45) is 0 Å². The van der Waals surface area contributed by atoms with E-state index in [4.69, 9.17) is 0 Å². The highest BCUT2D eigenvalue weighted by molar-refractivity contribution is 7.17. The van der Waals surface area contributed by atoms with Crippen molar-refractivity contribution in [2.75, 3.05) is 0 Å². The number of carbonyl (C=O) groups excluding carboxylic acids is 1. The zero-order chi connectivity index (χ0) is 17.1. The minimum Gasteiger partial charge on any atom is -0.346 e. The van der Waals surface area contributed by atoms with Gasteiger partial charge < -0.3 is 9.88 Å². The highest BCUT2D eigenvalue weighted by Gasteiger charge is 2.16. The second-order valence-corrected chi connectivity index (χ2v) is 7.83. The lowest BCUT2D eigenvalue weighted by Gasteiger charge is -2.10. The molecule has 0 fully saturated rings. The molecule has 0 saturated carbocycles. The average molecular weight is 367 g/mol. The van der Waals surface area contributed by atoms with Gasteiger partial charge in [-0.3, -0.25) is 4.79 Å². The summed E-state index contributed by atoms with van der Waals surface area (Å²) in [5.74, 6) is -0.00939. The molecule has 0 radical (unpaired) electrons.